The quantitative estimate of drug-likeness (QED) is 0.521. The third kappa shape index (κ3) is 3.04. The van der Waals surface area contributed by atoms with Crippen molar-refractivity contribution in [3.8, 4) is 0 Å². The summed E-state index contributed by atoms with van der Waals surface area (Å²) in [6.07, 6.45) is 16.1. The van der Waals surface area contributed by atoms with Gasteiger partial charge in [0.2, 0.25) is 0 Å². The molecule has 18 heavy (non-hydrogen) atoms. The van der Waals surface area contributed by atoms with Crippen LogP contribution in [0.15, 0.2) is 43.9 Å². The van der Waals surface area contributed by atoms with Crippen molar-refractivity contribution < 1.29 is 24.4 Å². The van der Waals surface area contributed by atoms with E-state index < -0.39 is 0 Å². The molecule has 0 nitrogen and oxygen atoms in total. The molecule has 0 aromatic carbocycles. The number of rotatable bonds is 6. The molecule has 0 aromatic heterocycles. The van der Waals surface area contributed by atoms with Gasteiger partial charge in [-0.1, -0.05) is 0 Å². The Morgan fingerprint density at radius 3 is 2.67 bits per heavy atom. The zero-order valence-electron chi connectivity index (χ0n) is 11.7. The van der Waals surface area contributed by atoms with Crippen molar-refractivity contribution in [1.82, 2.24) is 0 Å². The first-order valence-electron chi connectivity index (χ1n) is 7.31. The third-order valence-corrected chi connectivity index (χ3v) is 5.67. The molecule has 0 saturated heterocycles. The van der Waals surface area contributed by atoms with Crippen LogP contribution in [0.2, 0.25) is 0 Å². The van der Waals surface area contributed by atoms with Crippen molar-refractivity contribution >= 4 is 0 Å². The van der Waals surface area contributed by atoms with Crippen LogP contribution in [0, 0.1) is 0 Å². The molecule has 2 aliphatic carbocycles. The summed E-state index contributed by atoms with van der Waals surface area (Å²) < 4.78 is 1.74. The molecule has 0 saturated carbocycles. The van der Waals surface area contributed by atoms with Crippen LogP contribution in [0.1, 0.15) is 58.8 Å². The normalized spacial score (nSPS) is 19.1. The summed E-state index contributed by atoms with van der Waals surface area (Å²) >= 11 is 1.24. The molecule has 2 rings (SSSR count). The molecule has 0 heterocycles. The molecule has 0 N–H and O–H groups in total. The first-order chi connectivity index (χ1) is 8.77. The van der Waals surface area contributed by atoms with Gasteiger partial charge in [-0.2, -0.15) is 0 Å². The molecule has 0 atom stereocenters. The van der Waals surface area contributed by atoms with E-state index in [4.69, 9.17) is 0 Å². The van der Waals surface area contributed by atoms with Crippen LogP contribution in [0.3, 0.4) is 0 Å². The second-order valence-electron chi connectivity index (χ2n) is 5.24. The van der Waals surface area contributed by atoms with Gasteiger partial charge in [-0.15, -0.1) is 0 Å². The maximum absolute atomic E-state index is 2.51. The van der Waals surface area contributed by atoms with E-state index in [2.05, 4.69) is 32.1 Å². The Bertz CT molecular complexity index is 433. The van der Waals surface area contributed by atoms with Crippen molar-refractivity contribution in [3.63, 3.8) is 0 Å². The Morgan fingerprint density at radius 1 is 1.11 bits per heavy atom. The molecule has 0 aromatic rings. The van der Waals surface area contributed by atoms with E-state index >= 15 is 0 Å². The Hall–Kier alpha value is -0.170. The van der Waals surface area contributed by atoms with Crippen LogP contribution in [0.4, 0.5) is 0 Å². The first-order valence-corrected chi connectivity index (χ1v) is 9.10. The monoisotopic (exact) mass is 407 g/mol. The van der Waals surface area contributed by atoms with Crippen molar-refractivity contribution in [3.05, 3.63) is 43.9 Å². The summed E-state index contributed by atoms with van der Waals surface area (Å²) in [4.78, 5) is 0. The minimum absolute atomic E-state index is 1.17. The standard InChI is InChI=1S/C17H23.Hf/c1-3-5-9-15-11-7-13-17(15)16-12-6-10-14(16)8-4-2;/h6,10,13H,3-5,7-9,12H2,1-2H3;. The van der Waals surface area contributed by atoms with Crippen molar-refractivity contribution in [2.45, 2.75) is 58.8 Å². The molecule has 0 fully saturated rings. The van der Waals surface area contributed by atoms with Crippen LogP contribution >= 0.6 is 0 Å². The van der Waals surface area contributed by atoms with E-state index in [1.807, 2.05) is 0 Å². The van der Waals surface area contributed by atoms with Gasteiger partial charge >= 0.3 is 127 Å². The van der Waals surface area contributed by atoms with Crippen LogP contribution in [-0.2, 0) is 24.4 Å². The summed E-state index contributed by atoms with van der Waals surface area (Å²) in [6.45, 7) is 4.58. The van der Waals surface area contributed by atoms with Crippen LogP contribution in [0.5, 0.6) is 0 Å². The second-order valence-corrected chi connectivity index (χ2v) is 7.41. The topological polar surface area (TPSA) is 0 Å². The van der Waals surface area contributed by atoms with Gasteiger partial charge in [0.1, 0.15) is 0 Å². The average Bonchev–Trinajstić information content (AvgIpc) is 2.94. The number of unbranched alkanes of at least 4 members (excludes halogenated alkanes) is 1. The number of allylic oxidation sites excluding steroid dienone is 8. The fraction of sp³-hybridized carbons (Fsp3) is 0.529. The van der Waals surface area contributed by atoms with Crippen molar-refractivity contribution in [1.29, 1.82) is 0 Å². The molecular formula is C17H23Hf. The molecule has 0 spiro atoms. The van der Waals surface area contributed by atoms with Crippen molar-refractivity contribution in [2.24, 2.45) is 0 Å². The molecule has 0 aliphatic heterocycles. The van der Waals surface area contributed by atoms with Crippen LogP contribution in [0.25, 0.3) is 0 Å². The van der Waals surface area contributed by atoms with Gasteiger partial charge in [-0.05, 0) is 0 Å². The van der Waals surface area contributed by atoms with E-state index in [-0.39, 0.29) is 0 Å². The van der Waals surface area contributed by atoms with Gasteiger partial charge in [0.15, 0.2) is 0 Å². The third-order valence-electron chi connectivity index (χ3n) is 3.85. The number of hydrogen-bond donors (Lipinski definition) is 0. The minimum atomic E-state index is 1.17. The zero-order valence-corrected chi connectivity index (χ0v) is 15.3. The Morgan fingerprint density at radius 2 is 1.94 bits per heavy atom. The maximum atomic E-state index is 2.51. The Kier molecular flexibility index (Phi) is 5.41. The van der Waals surface area contributed by atoms with Gasteiger partial charge in [0.25, 0.3) is 0 Å². The van der Waals surface area contributed by atoms with Gasteiger partial charge in [0, 0.05) is 0 Å². The summed E-state index contributed by atoms with van der Waals surface area (Å²) in [6, 6.07) is 0. The van der Waals surface area contributed by atoms with Crippen LogP contribution < -0.4 is 0 Å². The van der Waals surface area contributed by atoms with Gasteiger partial charge in [0.05, 0.1) is 0 Å². The van der Waals surface area contributed by atoms with E-state index in [9.17, 15) is 0 Å². The van der Waals surface area contributed by atoms with Crippen molar-refractivity contribution in [2.75, 3.05) is 0 Å². The molecule has 0 bridgehead atoms. The fourth-order valence-electron chi connectivity index (χ4n) is 2.89. The second kappa shape index (κ2) is 6.84. The SMILES string of the molecule is CCCCC1=[C]([Hf])CC=C1C1=C(CCC)C=CC1. The predicted octanol–water partition coefficient (Wildman–Crippen LogP) is 5.36. The summed E-state index contributed by atoms with van der Waals surface area (Å²) in [5.41, 5.74) is 6.60. The number of hydrogen-bond acceptors (Lipinski definition) is 0. The summed E-state index contributed by atoms with van der Waals surface area (Å²) in [7, 11) is 0. The van der Waals surface area contributed by atoms with Gasteiger partial charge in [-0.25, -0.2) is 0 Å². The molecule has 95 valence electrons. The summed E-state index contributed by atoms with van der Waals surface area (Å²) in [5.74, 6) is 0. The van der Waals surface area contributed by atoms with Gasteiger partial charge in [-0.3, -0.25) is 0 Å². The molecule has 0 unspecified atom stereocenters. The van der Waals surface area contributed by atoms with Gasteiger partial charge < -0.3 is 0 Å². The molecule has 0 radical (unpaired) electrons. The predicted molar refractivity (Wildman–Crippen MR) is 74.9 cm³/mol. The average molecular weight is 406 g/mol. The first kappa shape index (κ1) is 14.2. The molecule has 1 heteroatoms. The van der Waals surface area contributed by atoms with E-state index in [1.54, 1.807) is 25.6 Å². The Balaban J connectivity index is 2.21. The molecule has 0 amide bonds. The summed E-state index contributed by atoms with van der Waals surface area (Å²) in [5, 5.41) is 0. The Labute approximate surface area is 127 Å². The van der Waals surface area contributed by atoms with Crippen LogP contribution in [-0.4, -0.2) is 0 Å². The fourth-order valence-corrected chi connectivity index (χ4v) is 4.19. The van der Waals surface area contributed by atoms with E-state index in [0.717, 1.165) is 0 Å². The molecule has 2 aliphatic rings. The zero-order chi connectivity index (χ0) is 13.0. The molecular weight excluding hydrogens is 383 g/mol. The van der Waals surface area contributed by atoms with E-state index in [0.29, 0.717) is 0 Å². The van der Waals surface area contributed by atoms with E-state index in [1.165, 1.54) is 69.3 Å².